The van der Waals surface area contributed by atoms with Gasteiger partial charge in [0.1, 0.15) is 5.57 Å². The van der Waals surface area contributed by atoms with Crippen molar-refractivity contribution in [3.63, 3.8) is 0 Å². The lowest BCUT2D eigenvalue weighted by Crippen LogP contribution is -2.44. The van der Waals surface area contributed by atoms with Crippen LogP contribution in [0.5, 0.6) is 0 Å². The third-order valence-electron chi connectivity index (χ3n) is 5.71. The molecule has 0 radical (unpaired) electrons. The van der Waals surface area contributed by atoms with Crippen LogP contribution in [0.3, 0.4) is 0 Å². The van der Waals surface area contributed by atoms with Crippen molar-refractivity contribution in [1.29, 1.82) is 0 Å². The molecule has 2 spiro atoms. The quantitative estimate of drug-likeness (QED) is 0.767. The molecule has 1 N–H and O–H groups in total. The summed E-state index contributed by atoms with van der Waals surface area (Å²) < 4.78 is 11.6. The molecule has 1 saturated carbocycles. The molecule has 2 heterocycles. The monoisotopic (exact) mass is 348 g/mol. The van der Waals surface area contributed by atoms with Gasteiger partial charge in [0.25, 0.3) is 0 Å². The standard InChI is InChI=1S/C19H21ClO4/c1-12-3-4-13(14(20)11-12)15-16(21)19(24-17(15)22)8-6-18(7-9-19)5-2-10-23-18/h3-4,11,21H,2,5-10H2,1H3. The van der Waals surface area contributed by atoms with Gasteiger partial charge in [-0.1, -0.05) is 23.7 Å². The fourth-order valence-corrected chi connectivity index (χ4v) is 4.59. The van der Waals surface area contributed by atoms with Crippen molar-refractivity contribution in [2.45, 2.75) is 56.7 Å². The number of rotatable bonds is 1. The number of carbonyl (C=O) groups is 1. The molecular formula is C19H21ClO4. The Morgan fingerprint density at radius 3 is 2.54 bits per heavy atom. The molecule has 3 aliphatic rings. The topological polar surface area (TPSA) is 55.8 Å². The van der Waals surface area contributed by atoms with E-state index >= 15 is 0 Å². The molecular weight excluding hydrogens is 328 g/mol. The first-order valence-electron chi connectivity index (χ1n) is 8.52. The largest absolute Gasteiger partial charge is 0.507 e. The number of hydrogen-bond acceptors (Lipinski definition) is 4. The van der Waals surface area contributed by atoms with E-state index < -0.39 is 11.6 Å². The van der Waals surface area contributed by atoms with E-state index in [1.54, 1.807) is 12.1 Å². The molecule has 1 aliphatic carbocycles. The highest BCUT2D eigenvalue weighted by Gasteiger charge is 2.54. The summed E-state index contributed by atoms with van der Waals surface area (Å²) in [5.74, 6) is -0.451. The molecule has 0 aromatic heterocycles. The lowest BCUT2D eigenvalue weighted by molar-refractivity contribution is -0.156. The van der Waals surface area contributed by atoms with E-state index in [-0.39, 0.29) is 16.9 Å². The first-order valence-corrected chi connectivity index (χ1v) is 8.90. The zero-order valence-corrected chi connectivity index (χ0v) is 14.5. The summed E-state index contributed by atoms with van der Waals surface area (Å²) in [5, 5.41) is 11.3. The van der Waals surface area contributed by atoms with Crippen LogP contribution < -0.4 is 0 Å². The normalized spacial score (nSPS) is 32.8. The van der Waals surface area contributed by atoms with Crippen LogP contribution in [-0.4, -0.2) is 28.9 Å². The number of halogens is 1. The molecule has 4 nitrogen and oxygen atoms in total. The van der Waals surface area contributed by atoms with Gasteiger partial charge in [-0.05, 0) is 57.1 Å². The van der Waals surface area contributed by atoms with Crippen LogP contribution in [0.4, 0.5) is 0 Å². The Morgan fingerprint density at radius 2 is 1.92 bits per heavy atom. The zero-order chi connectivity index (χ0) is 16.9. The summed E-state index contributed by atoms with van der Waals surface area (Å²) >= 11 is 6.29. The number of esters is 1. The first-order chi connectivity index (χ1) is 11.4. The Hall–Kier alpha value is -1.52. The lowest BCUT2D eigenvalue weighted by Gasteiger charge is -2.41. The van der Waals surface area contributed by atoms with E-state index in [9.17, 15) is 9.90 Å². The van der Waals surface area contributed by atoms with Crippen molar-refractivity contribution >= 4 is 23.1 Å². The van der Waals surface area contributed by atoms with E-state index in [2.05, 4.69) is 0 Å². The van der Waals surface area contributed by atoms with Crippen LogP contribution in [0.15, 0.2) is 24.0 Å². The highest BCUT2D eigenvalue weighted by Crippen LogP contribution is 2.51. The van der Waals surface area contributed by atoms with Gasteiger partial charge < -0.3 is 14.6 Å². The Balaban J connectivity index is 1.67. The predicted octanol–water partition coefficient (Wildman–Crippen LogP) is 4.34. The second-order valence-electron chi connectivity index (χ2n) is 7.23. The number of aliphatic hydroxyl groups excluding tert-OH is 1. The molecule has 1 aromatic rings. The molecule has 5 heteroatoms. The third-order valence-corrected chi connectivity index (χ3v) is 6.02. The van der Waals surface area contributed by atoms with E-state index in [0.29, 0.717) is 23.4 Å². The second kappa shape index (κ2) is 5.50. The summed E-state index contributed by atoms with van der Waals surface area (Å²) in [6.07, 6.45) is 4.94. The van der Waals surface area contributed by atoms with Gasteiger partial charge in [-0.25, -0.2) is 4.79 Å². The minimum atomic E-state index is -0.905. The number of ether oxygens (including phenoxy) is 2. The Labute approximate surface area is 146 Å². The van der Waals surface area contributed by atoms with Gasteiger partial charge in [-0.2, -0.15) is 0 Å². The zero-order valence-electron chi connectivity index (χ0n) is 13.7. The molecule has 0 atom stereocenters. The molecule has 0 unspecified atom stereocenters. The van der Waals surface area contributed by atoms with Crippen molar-refractivity contribution in [1.82, 2.24) is 0 Å². The predicted molar refractivity (Wildman–Crippen MR) is 90.9 cm³/mol. The van der Waals surface area contributed by atoms with Gasteiger partial charge in [0.2, 0.25) is 0 Å². The average molecular weight is 349 g/mol. The van der Waals surface area contributed by atoms with E-state index in [1.165, 1.54) is 0 Å². The Morgan fingerprint density at radius 1 is 1.17 bits per heavy atom. The smallest absolute Gasteiger partial charge is 0.343 e. The number of benzene rings is 1. The minimum Gasteiger partial charge on any atom is -0.507 e. The Kier molecular flexibility index (Phi) is 3.66. The lowest BCUT2D eigenvalue weighted by atomic mass is 9.73. The number of hydrogen-bond donors (Lipinski definition) is 1. The van der Waals surface area contributed by atoms with E-state index in [1.807, 2.05) is 13.0 Å². The number of carbonyl (C=O) groups excluding carboxylic acids is 1. The maximum atomic E-state index is 12.5. The van der Waals surface area contributed by atoms with Crippen LogP contribution in [0.1, 0.15) is 49.7 Å². The summed E-state index contributed by atoms with van der Waals surface area (Å²) in [4.78, 5) is 12.5. The molecule has 0 amide bonds. The van der Waals surface area contributed by atoms with E-state index in [0.717, 1.165) is 37.9 Å². The fraction of sp³-hybridized carbons (Fsp3) is 0.526. The molecule has 24 heavy (non-hydrogen) atoms. The maximum absolute atomic E-state index is 12.5. The van der Waals surface area contributed by atoms with Gasteiger partial charge in [0.15, 0.2) is 11.4 Å². The summed E-state index contributed by atoms with van der Waals surface area (Å²) in [6.45, 7) is 2.74. The molecule has 4 rings (SSSR count). The summed E-state index contributed by atoms with van der Waals surface area (Å²) in [5.41, 5.74) is 0.769. The van der Waals surface area contributed by atoms with Crippen molar-refractivity contribution in [3.8, 4) is 0 Å². The van der Waals surface area contributed by atoms with Crippen LogP contribution in [-0.2, 0) is 14.3 Å². The molecule has 2 aliphatic heterocycles. The highest BCUT2D eigenvalue weighted by molar-refractivity contribution is 6.35. The fourth-order valence-electron chi connectivity index (χ4n) is 4.26. The SMILES string of the molecule is Cc1ccc(C2=C(O)C3(CCC4(CCCO4)CC3)OC2=O)c(Cl)c1. The molecule has 2 fully saturated rings. The van der Waals surface area contributed by atoms with Crippen LogP contribution in [0.2, 0.25) is 5.02 Å². The first kappa shape index (κ1) is 16.0. The van der Waals surface area contributed by atoms with Crippen molar-refractivity contribution in [2.75, 3.05) is 6.61 Å². The van der Waals surface area contributed by atoms with Gasteiger partial charge in [-0.15, -0.1) is 0 Å². The number of aryl methyl sites for hydroxylation is 1. The van der Waals surface area contributed by atoms with Gasteiger partial charge in [-0.3, -0.25) is 0 Å². The highest BCUT2D eigenvalue weighted by atomic mass is 35.5. The van der Waals surface area contributed by atoms with Crippen LogP contribution in [0, 0.1) is 6.92 Å². The molecule has 128 valence electrons. The maximum Gasteiger partial charge on any atom is 0.343 e. The molecule has 1 saturated heterocycles. The van der Waals surface area contributed by atoms with Crippen molar-refractivity contribution in [3.05, 3.63) is 40.1 Å². The molecule has 1 aromatic carbocycles. The summed E-state index contributed by atoms with van der Waals surface area (Å²) in [6, 6.07) is 5.44. The van der Waals surface area contributed by atoms with Gasteiger partial charge in [0.05, 0.1) is 5.60 Å². The van der Waals surface area contributed by atoms with Crippen LogP contribution in [0.25, 0.3) is 5.57 Å². The second-order valence-corrected chi connectivity index (χ2v) is 7.63. The van der Waals surface area contributed by atoms with Gasteiger partial charge in [0, 0.05) is 17.2 Å². The number of aliphatic hydroxyl groups is 1. The van der Waals surface area contributed by atoms with Crippen LogP contribution >= 0.6 is 11.6 Å². The minimum absolute atomic E-state index is 0.0334. The Bertz CT molecular complexity index is 721. The van der Waals surface area contributed by atoms with Gasteiger partial charge >= 0.3 is 5.97 Å². The van der Waals surface area contributed by atoms with E-state index in [4.69, 9.17) is 21.1 Å². The third kappa shape index (κ3) is 2.35. The van der Waals surface area contributed by atoms with Crippen molar-refractivity contribution in [2.24, 2.45) is 0 Å². The summed E-state index contributed by atoms with van der Waals surface area (Å²) in [7, 11) is 0. The van der Waals surface area contributed by atoms with Crippen molar-refractivity contribution < 1.29 is 19.4 Å². The molecule has 0 bridgehead atoms. The average Bonchev–Trinajstić information content (AvgIpc) is 3.09.